The van der Waals surface area contributed by atoms with Crippen LogP contribution in [0.25, 0.3) is 11.3 Å². The standard InChI is InChI=1S/C21H22ClN3O2/c1-26-19-8-6-18(7-9-19)25-12-10-24(11-13-25)15-21-23-14-20(27-21)16-2-4-17(22)5-3-16/h2-9,14H,10-13,15H2,1H3. The molecule has 5 nitrogen and oxygen atoms in total. The zero-order valence-electron chi connectivity index (χ0n) is 15.3. The highest BCUT2D eigenvalue weighted by atomic mass is 35.5. The maximum atomic E-state index is 5.94. The molecule has 2 heterocycles. The van der Waals surface area contributed by atoms with E-state index in [1.165, 1.54) is 5.69 Å². The lowest BCUT2D eigenvalue weighted by Crippen LogP contribution is -2.46. The minimum Gasteiger partial charge on any atom is -0.497 e. The highest BCUT2D eigenvalue weighted by molar-refractivity contribution is 6.30. The van der Waals surface area contributed by atoms with Crippen LogP contribution in [0.1, 0.15) is 5.89 Å². The molecule has 0 spiro atoms. The number of anilines is 1. The maximum Gasteiger partial charge on any atom is 0.209 e. The third-order valence-electron chi connectivity index (χ3n) is 4.85. The summed E-state index contributed by atoms with van der Waals surface area (Å²) >= 11 is 5.94. The topological polar surface area (TPSA) is 41.7 Å². The molecule has 0 bridgehead atoms. The molecule has 6 heteroatoms. The minimum absolute atomic E-state index is 0.716. The fourth-order valence-corrected chi connectivity index (χ4v) is 3.41. The molecule has 0 saturated carbocycles. The van der Waals surface area contributed by atoms with E-state index in [0.29, 0.717) is 5.02 Å². The lowest BCUT2D eigenvalue weighted by Gasteiger charge is -2.35. The van der Waals surface area contributed by atoms with E-state index >= 15 is 0 Å². The van der Waals surface area contributed by atoms with Crippen molar-refractivity contribution in [2.24, 2.45) is 0 Å². The summed E-state index contributed by atoms with van der Waals surface area (Å²) in [5, 5.41) is 0.716. The van der Waals surface area contributed by atoms with E-state index in [-0.39, 0.29) is 0 Å². The molecule has 0 aliphatic carbocycles. The van der Waals surface area contributed by atoms with Crippen LogP contribution in [0.2, 0.25) is 5.02 Å². The zero-order chi connectivity index (χ0) is 18.6. The molecule has 0 radical (unpaired) electrons. The van der Waals surface area contributed by atoms with E-state index in [4.69, 9.17) is 20.8 Å². The van der Waals surface area contributed by atoms with Gasteiger partial charge < -0.3 is 14.1 Å². The molecule has 0 N–H and O–H groups in total. The second-order valence-electron chi connectivity index (χ2n) is 6.59. The Bertz CT molecular complexity index is 869. The summed E-state index contributed by atoms with van der Waals surface area (Å²) in [7, 11) is 1.69. The smallest absolute Gasteiger partial charge is 0.209 e. The van der Waals surface area contributed by atoms with Gasteiger partial charge in [0.2, 0.25) is 5.89 Å². The summed E-state index contributed by atoms with van der Waals surface area (Å²) in [6, 6.07) is 15.8. The summed E-state index contributed by atoms with van der Waals surface area (Å²) in [6.45, 7) is 4.65. The minimum atomic E-state index is 0.716. The molecule has 140 valence electrons. The second-order valence-corrected chi connectivity index (χ2v) is 7.02. The lowest BCUT2D eigenvalue weighted by molar-refractivity contribution is 0.227. The van der Waals surface area contributed by atoms with Gasteiger partial charge in [-0.1, -0.05) is 11.6 Å². The quantitative estimate of drug-likeness (QED) is 0.656. The van der Waals surface area contributed by atoms with Gasteiger partial charge in [0.05, 0.1) is 19.9 Å². The Hall–Kier alpha value is -2.50. The van der Waals surface area contributed by atoms with Crippen molar-refractivity contribution in [2.45, 2.75) is 6.54 Å². The first-order chi connectivity index (χ1) is 13.2. The number of hydrogen-bond acceptors (Lipinski definition) is 5. The highest BCUT2D eigenvalue weighted by Gasteiger charge is 2.19. The van der Waals surface area contributed by atoms with E-state index in [1.807, 2.05) is 36.4 Å². The normalized spacial score (nSPS) is 15.1. The second kappa shape index (κ2) is 8.03. The van der Waals surface area contributed by atoms with Crippen molar-refractivity contribution in [3.8, 4) is 17.1 Å². The van der Waals surface area contributed by atoms with E-state index in [1.54, 1.807) is 13.3 Å². The van der Waals surface area contributed by atoms with Gasteiger partial charge in [-0.25, -0.2) is 4.98 Å². The van der Waals surface area contributed by atoms with Crippen molar-refractivity contribution in [3.63, 3.8) is 0 Å². The number of nitrogens with zero attached hydrogens (tertiary/aromatic N) is 3. The predicted octanol–water partition coefficient (Wildman–Crippen LogP) is 4.33. The van der Waals surface area contributed by atoms with Gasteiger partial charge in [-0.2, -0.15) is 0 Å². The van der Waals surface area contributed by atoms with Crippen LogP contribution < -0.4 is 9.64 Å². The molecule has 27 heavy (non-hydrogen) atoms. The molecule has 2 aromatic carbocycles. The number of rotatable bonds is 5. The number of hydrogen-bond donors (Lipinski definition) is 0. The van der Waals surface area contributed by atoms with Gasteiger partial charge in [-0.3, -0.25) is 4.90 Å². The molecule has 1 fully saturated rings. The first kappa shape index (κ1) is 17.9. The summed E-state index contributed by atoms with van der Waals surface area (Å²) in [5.74, 6) is 2.41. The number of ether oxygens (including phenoxy) is 1. The lowest BCUT2D eigenvalue weighted by atomic mass is 10.2. The van der Waals surface area contributed by atoms with Crippen LogP contribution in [0.5, 0.6) is 5.75 Å². The number of aromatic nitrogens is 1. The Balaban J connectivity index is 1.33. The van der Waals surface area contributed by atoms with Gasteiger partial charge in [0, 0.05) is 42.5 Å². The van der Waals surface area contributed by atoms with Gasteiger partial charge in [0.1, 0.15) is 5.75 Å². The summed E-state index contributed by atoms with van der Waals surface area (Å²) in [6.07, 6.45) is 1.78. The van der Waals surface area contributed by atoms with Gasteiger partial charge in [-0.05, 0) is 48.5 Å². The molecule has 1 aliphatic heterocycles. The van der Waals surface area contributed by atoms with Crippen molar-refractivity contribution < 1.29 is 9.15 Å². The highest BCUT2D eigenvalue weighted by Crippen LogP contribution is 2.24. The molecule has 4 rings (SSSR count). The average Bonchev–Trinajstić information content (AvgIpc) is 3.18. The SMILES string of the molecule is COc1ccc(N2CCN(Cc3ncc(-c4ccc(Cl)cc4)o3)CC2)cc1. The van der Waals surface area contributed by atoms with E-state index in [0.717, 1.165) is 55.7 Å². The Morgan fingerprint density at radius 2 is 1.70 bits per heavy atom. The molecule has 1 aliphatic rings. The van der Waals surface area contributed by atoms with Crippen LogP contribution in [0.3, 0.4) is 0 Å². The maximum absolute atomic E-state index is 5.94. The molecular weight excluding hydrogens is 362 g/mol. The Kier molecular flexibility index (Phi) is 5.32. The Morgan fingerprint density at radius 1 is 1.00 bits per heavy atom. The molecule has 1 saturated heterocycles. The van der Waals surface area contributed by atoms with E-state index in [2.05, 4.69) is 26.9 Å². The van der Waals surface area contributed by atoms with Crippen LogP contribution in [0.15, 0.2) is 59.1 Å². The van der Waals surface area contributed by atoms with Crippen molar-refractivity contribution in [2.75, 3.05) is 38.2 Å². The van der Waals surface area contributed by atoms with Crippen LogP contribution >= 0.6 is 11.6 Å². The van der Waals surface area contributed by atoms with E-state index < -0.39 is 0 Å². The Morgan fingerprint density at radius 3 is 2.37 bits per heavy atom. The first-order valence-electron chi connectivity index (χ1n) is 9.03. The molecule has 3 aromatic rings. The van der Waals surface area contributed by atoms with Gasteiger partial charge in [-0.15, -0.1) is 0 Å². The van der Waals surface area contributed by atoms with Crippen LogP contribution in [0, 0.1) is 0 Å². The first-order valence-corrected chi connectivity index (χ1v) is 9.41. The number of oxazole rings is 1. The molecule has 0 atom stereocenters. The summed E-state index contributed by atoms with van der Waals surface area (Å²) in [5.41, 5.74) is 2.22. The number of methoxy groups -OCH3 is 1. The fourth-order valence-electron chi connectivity index (χ4n) is 3.28. The number of piperazine rings is 1. The molecular formula is C21H22ClN3O2. The average molecular weight is 384 g/mol. The van der Waals surface area contributed by atoms with Crippen LogP contribution in [-0.4, -0.2) is 43.2 Å². The molecule has 1 aromatic heterocycles. The van der Waals surface area contributed by atoms with Crippen LogP contribution in [0.4, 0.5) is 5.69 Å². The monoisotopic (exact) mass is 383 g/mol. The van der Waals surface area contributed by atoms with Gasteiger partial charge in [0.15, 0.2) is 5.76 Å². The largest absolute Gasteiger partial charge is 0.497 e. The summed E-state index contributed by atoms with van der Waals surface area (Å²) in [4.78, 5) is 9.20. The number of halogens is 1. The number of benzene rings is 2. The fraction of sp³-hybridized carbons (Fsp3) is 0.286. The van der Waals surface area contributed by atoms with Crippen molar-refractivity contribution >= 4 is 17.3 Å². The van der Waals surface area contributed by atoms with E-state index in [9.17, 15) is 0 Å². The third kappa shape index (κ3) is 4.26. The zero-order valence-corrected chi connectivity index (χ0v) is 16.0. The van der Waals surface area contributed by atoms with Gasteiger partial charge in [0.25, 0.3) is 0 Å². The van der Waals surface area contributed by atoms with Crippen LogP contribution in [-0.2, 0) is 6.54 Å². The third-order valence-corrected chi connectivity index (χ3v) is 5.10. The molecule has 0 unspecified atom stereocenters. The summed E-state index contributed by atoms with van der Waals surface area (Å²) < 4.78 is 11.2. The Labute approximate surface area is 164 Å². The predicted molar refractivity (Wildman–Crippen MR) is 107 cm³/mol. The van der Waals surface area contributed by atoms with Gasteiger partial charge >= 0.3 is 0 Å². The van der Waals surface area contributed by atoms with Crippen molar-refractivity contribution in [1.29, 1.82) is 0 Å². The van der Waals surface area contributed by atoms with Crippen molar-refractivity contribution in [1.82, 2.24) is 9.88 Å². The molecule has 0 amide bonds. The van der Waals surface area contributed by atoms with Crippen molar-refractivity contribution in [3.05, 3.63) is 65.6 Å².